The summed E-state index contributed by atoms with van der Waals surface area (Å²) in [7, 11) is -3.57. The van der Waals surface area contributed by atoms with Gasteiger partial charge in [0, 0.05) is 13.1 Å². The van der Waals surface area contributed by atoms with E-state index in [4.69, 9.17) is 0 Å². The van der Waals surface area contributed by atoms with Crippen molar-refractivity contribution in [2.24, 2.45) is 22.7 Å². The topological polar surface area (TPSA) is 171 Å². The zero-order valence-corrected chi connectivity index (χ0v) is 33.5. The van der Waals surface area contributed by atoms with Crippen LogP contribution in [0.3, 0.4) is 0 Å². The van der Waals surface area contributed by atoms with Crippen LogP contribution in [0.1, 0.15) is 132 Å². The van der Waals surface area contributed by atoms with Crippen LogP contribution >= 0.6 is 0 Å². The van der Waals surface area contributed by atoms with Gasteiger partial charge in [0.25, 0.3) is 5.91 Å². The lowest BCUT2D eigenvalue weighted by Gasteiger charge is -2.49. The molecule has 5 amide bonds. The lowest BCUT2D eigenvalue weighted by atomic mass is 9.70. The molecule has 4 aliphatic rings. The molecule has 4 fully saturated rings. The first-order valence-electron chi connectivity index (χ1n) is 19.5. The number of hydrogen-bond acceptors (Lipinski definition) is 7. The van der Waals surface area contributed by atoms with E-state index < -0.39 is 67.3 Å². The second-order valence-electron chi connectivity index (χ2n) is 18.3. The number of carbonyl (C=O) groups is 5. The number of rotatable bonds is 14. The molecule has 0 aromatic rings. The molecule has 0 spiro atoms. The van der Waals surface area contributed by atoms with Crippen LogP contribution in [0.25, 0.3) is 0 Å². The number of carbonyl (C=O) groups excluding carboxylic acids is 5. The third-order valence-electron chi connectivity index (χ3n) is 12.6. The molecule has 4 rings (SSSR count). The molecule has 294 valence electrons. The fraction of sp³-hybridized carbons (Fsp3) is 0.821. The summed E-state index contributed by atoms with van der Waals surface area (Å²) in [5.41, 5.74) is -1.86. The third kappa shape index (κ3) is 9.96. The average molecular weight is 748 g/mol. The van der Waals surface area contributed by atoms with Gasteiger partial charge in [-0.2, -0.15) is 0 Å². The van der Waals surface area contributed by atoms with Crippen molar-refractivity contribution in [3.8, 4) is 0 Å². The SMILES string of the molecule is C=CCNC(=O)C(=O)C(CC1CC1)NC(=O)[C@@H]1CC(C)(C)C(C)CN1C(=O)[C@@H](NC(=O)NC1(CS(=O)(=O)C(C)(C)C)CCCCC1)C1(C)CCCC1. The third-order valence-corrected chi connectivity index (χ3v) is 15.4. The minimum Gasteiger partial charge on any atom is -0.346 e. The van der Waals surface area contributed by atoms with Gasteiger partial charge in [-0.15, -0.1) is 6.58 Å². The summed E-state index contributed by atoms with van der Waals surface area (Å²) in [5, 5.41) is 11.5. The fourth-order valence-electron chi connectivity index (χ4n) is 8.25. The van der Waals surface area contributed by atoms with Crippen LogP contribution in [0.2, 0.25) is 0 Å². The number of Topliss-reactive ketones (excluding diaryl/α,β-unsaturated/α-hetero) is 1. The highest BCUT2D eigenvalue weighted by Crippen LogP contribution is 2.44. The Morgan fingerprint density at radius 2 is 1.52 bits per heavy atom. The van der Waals surface area contributed by atoms with Crippen molar-refractivity contribution in [1.29, 1.82) is 0 Å². The minimum atomic E-state index is -3.57. The smallest absolute Gasteiger partial charge is 0.315 e. The van der Waals surface area contributed by atoms with Gasteiger partial charge in [-0.05, 0) is 82.0 Å². The number of piperidine rings is 1. The van der Waals surface area contributed by atoms with Crippen molar-refractivity contribution in [2.75, 3.05) is 18.8 Å². The number of nitrogens with one attached hydrogen (secondary N) is 4. The van der Waals surface area contributed by atoms with Gasteiger partial charge in [-0.3, -0.25) is 19.2 Å². The van der Waals surface area contributed by atoms with E-state index in [0.717, 1.165) is 44.9 Å². The molecule has 1 saturated heterocycles. The summed E-state index contributed by atoms with van der Waals surface area (Å²) < 4.78 is 25.9. The monoisotopic (exact) mass is 747 g/mol. The van der Waals surface area contributed by atoms with Gasteiger partial charge in [0.05, 0.1) is 22.1 Å². The van der Waals surface area contributed by atoms with Crippen molar-refractivity contribution in [1.82, 2.24) is 26.2 Å². The zero-order valence-electron chi connectivity index (χ0n) is 32.7. The highest BCUT2D eigenvalue weighted by molar-refractivity contribution is 7.92. The molecule has 0 radical (unpaired) electrons. The van der Waals surface area contributed by atoms with Gasteiger partial charge in [-0.25, -0.2) is 13.2 Å². The van der Waals surface area contributed by atoms with Crippen LogP contribution in [0, 0.1) is 22.7 Å². The van der Waals surface area contributed by atoms with Crippen molar-refractivity contribution in [3.63, 3.8) is 0 Å². The van der Waals surface area contributed by atoms with Crippen LogP contribution in [0.4, 0.5) is 4.79 Å². The summed E-state index contributed by atoms with van der Waals surface area (Å²) in [5.74, 6) is -2.28. The quantitative estimate of drug-likeness (QED) is 0.149. The molecule has 0 aromatic carbocycles. The minimum absolute atomic E-state index is 0.0213. The Bertz CT molecular complexity index is 1470. The molecule has 3 saturated carbocycles. The Hall–Kier alpha value is -2.96. The molecule has 4 atom stereocenters. The van der Waals surface area contributed by atoms with E-state index in [1.807, 2.05) is 13.8 Å². The molecule has 4 N–H and O–H groups in total. The maximum Gasteiger partial charge on any atom is 0.315 e. The van der Waals surface area contributed by atoms with Crippen molar-refractivity contribution in [3.05, 3.63) is 12.7 Å². The second-order valence-corrected chi connectivity index (χ2v) is 21.1. The molecule has 0 bridgehead atoms. The number of sulfone groups is 1. The number of amides is 5. The van der Waals surface area contributed by atoms with Crippen LogP contribution in [0.5, 0.6) is 0 Å². The molecular weight excluding hydrogens is 683 g/mol. The zero-order chi connectivity index (χ0) is 38.7. The van der Waals surface area contributed by atoms with Gasteiger partial charge in [0.1, 0.15) is 12.1 Å². The Morgan fingerprint density at radius 1 is 0.923 bits per heavy atom. The number of likely N-dealkylation sites (tertiary alicyclic amines) is 1. The van der Waals surface area contributed by atoms with Crippen LogP contribution in [0.15, 0.2) is 12.7 Å². The van der Waals surface area contributed by atoms with Gasteiger partial charge in [-0.1, -0.05) is 78.7 Å². The summed E-state index contributed by atoms with van der Waals surface area (Å²) in [4.78, 5) is 70.8. The highest BCUT2D eigenvalue weighted by atomic mass is 32.2. The number of ketones is 1. The Morgan fingerprint density at radius 3 is 2.08 bits per heavy atom. The van der Waals surface area contributed by atoms with Crippen LogP contribution in [-0.2, 0) is 29.0 Å². The Kier molecular flexibility index (Phi) is 13.0. The Balaban J connectivity index is 1.62. The van der Waals surface area contributed by atoms with E-state index in [-0.39, 0.29) is 42.0 Å². The van der Waals surface area contributed by atoms with E-state index in [2.05, 4.69) is 41.7 Å². The molecule has 2 unspecified atom stereocenters. The maximum atomic E-state index is 14.9. The summed E-state index contributed by atoms with van der Waals surface area (Å²) in [6.45, 7) is 17.2. The largest absolute Gasteiger partial charge is 0.346 e. The van der Waals surface area contributed by atoms with E-state index in [0.29, 0.717) is 38.5 Å². The predicted octanol–water partition coefficient (Wildman–Crippen LogP) is 4.57. The van der Waals surface area contributed by atoms with Gasteiger partial charge in [0.2, 0.25) is 17.6 Å². The summed E-state index contributed by atoms with van der Waals surface area (Å²) in [6.07, 6.45) is 10.8. The molecular formula is C39H65N5O7S. The maximum absolute atomic E-state index is 14.9. The van der Waals surface area contributed by atoms with Crippen molar-refractivity contribution < 1.29 is 32.4 Å². The lowest BCUT2D eigenvalue weighted by molar-refractivity contribution is -0.151. The molecule has 1 aliphatic heterocycles. The fourth-order valence-corrected chi connectivity index (χ4v) is 9.77. The lowest BCUT2D eigenvalue weighted by Crippen LogP contribution is -2.66. The summed E-state index contributed by atoms with van der Waals surface area (Å²) in [6, 6.07) is -3.49. The highest BCUT2D eigenvalue weighted by Gasteiger charge is 2.51. The average Bonchev–Trinajstić information content (AvgIpc) is 3.77. The van der Waals surface area contributed by atoms with Gasteiger partial charge < -0.3 is 26.2 Å². The summed E-state index contributed by atoms with van der Waals surface area (Å²) >= 11 is 0. The first-order valence-corrected chi connectivity index (χ1v) is 21.1. The molecule has 1 heterocycles. The van der Waals surface area contributed by atoms with E-state index in [1.54, 1.807) is 25.7 Å². The molecule has 3 aliphatic carbocycles. The van der Waals surface area contributed by atoms with E-state index in [9.17, 15) is 32.4 Å². The van der Waals surface area contributed by atoms with E-state index in [1.165, 1.54) is 6.08 Å². The molecule has 52 heavy (non-hydrogen) atoms. The second kappa shape index (κ2) is 16.2. The standard InChI is InChI=1S/C39H65N5O7S/c1-9-21-40-33(47)30(45)28(22-27-15-16-27)41-32(46)29-23-37(6,7)26(2)24-44(29)34(48)31(38(8)17-13-14-18-38)42-35(49)43-39(19-11-10-12-20-39)25-52(50,51)36(3,4)5/h9,26-29,31H,1,10-25H2,2-8H3,(H,40,47)(H,41,46)(H2,42,43,49)/t26?,28?,29-,31+/m0/s1. The normalized spacial score (nSPS) is 25.2. The van der Waals surface area contributed by atoms with Crippen LogP contribution < -0.4 is 21.3 Å². The van der Waals surface area contributed by atoms with Crippen LogP contribution in [-0.4, -0.2) is 90.1 Å². The Labute approximate surface area is 311 Å². The van der Waals surface area contributed by atoms with E-state index >= 15 is 0 Å². The number of nitrogens with zero attached hydrogens (tertiary/aromatic N) is 1. The molecule has 13 heteroatoms. The van der Waals surface area contributed by atoms with Crippen molar-refractivity contribution in [2.45, 2.75) is 160 Å². The van der Waals surface area contributed by atoms with Crippen molar-refractivity contribution >= 4 is 39.4 Å². The molecule has 0 aromatic heterocycles. The number of urea groups is 1. The molecule has 12 nitrogen and oxygen atoms in total. The first-order chi connectivity index (χ1) is 24.1. The van der Waals surface area contributed by atoms with Gasteiger partial charge >= 0.3 is 6.03 Å². The predicted molar refractivity (Wildman–Crippen MR) is 202 cm³/mol. The van der Waals surface area contributed by atoms with Gasteiger partial charge in [0.15, 0.2) is 9.84 Å². The number of hydrogen-bond donors (Lipinski definition) is 4. The first kappa shape index (κ1) is 41.8.